The van der Waals surface area contributed by atoms with Gasteiger partial charge in [-0.25, -0.2) is 0 Å². The Bertz CT molecular complexity index is 958. The molecule has 1 aliphatic heterocycles. The van der Waals surface area contributed by atoms with Crippen LogP contribution in [0.1, 0.15) is 39.2 Å². The Hall–Kier alpha value is -3.06. The van der Waals surface area contributed by atoms with Gasteiger partial charge in [0.1, 0.15) is 0 Å². The zero-order valence-corrected chi connectivity index (χ0v) is 21.5. The van der Waals surface area contributed by atoms with Gasteiger partial charge in [-0.2, -0.15) is 0 Å². The minimum atomic E-state index is -0.370. The van der Waals surface area contributed by atoms with E-state index in [4.69, 9.17) is 9.47 Å². The van der Waals surface area contributed by atoms with Crippen LogP contribution in [0.25, 0.3) is 0 Å². The van der Waals surface area contributed by atoms with E-state index in [9.17, 15) is 9.59 Å². The van der Waals surface area contributed by atoms with Gasteiger partial charge >= 0.3 is 0 Å². The van der Waals surface area contributed by atoms with E-state index in [2.05, 4.69) is 29.6 Å². The molecule has 3 rings (SSSR count). The van der Waals surface area contributed by atoms with Crippen molar-refractivity contribution in [3.8, 4) is 11.5 Å². The Morgan fingerprint density at radius 2 is 1.69 bits per heavy atom. The molecular formula is C28H39N3O4. The number of rotatable bonds is 11. The number of likely N-dealkylation sites (tertiary alicyclic amines) is 1. The number of hydrogen-bond acceptors (Lipinski definition) is 5. The van der Waals surface area contributed by atoms with E-state index in [0.717, 1.165) is 32.4 Å². The van der Waals surface area contributed by atoms with E-state index >= 15 is 0 Å². The number of benzene rings is 2. The molecule has 1 unspecified atom stereocenters. The first-order valence-corrected chi connectivity index (χ1v) is 12.6. The van der Waals surface area contributed by atoms with E-state index in [1.54, 1.807) is 23.1 Å². The second-order valence-electron chi connectivity index (χ2n) is 9.13. The number of anilines is 1. The quantitative estimate of drug-likeness (QED) is 0.520. The van der Waals surface area contributed by atoms with Crippen LogP contribution in [0.2, 0.25) is 0 Å². The van der Waals surface area contributed by atoms with Crippen molar-refractivity contribution in [2.24, 2.45) is 5.92 Å². The number of nitrogens with one attached hydrogen (secondary N) is 1. The lowest BCUT2D eigenvalue weighted by molar-refractivity contribution is -0.137. The van der Waals surface area contributed by atoms with Gasteiger partial charge in [0.05, 0.1) is 25.8 Å². The van der Waals surface area contributed by atoms with Crippen LogP contribution < -0.4 is 14.8 Å². The van der Waals surface area contributed by atoms with E-state index < -0.39 is 0 Å². The highest BCUT2D eigenvalue weighted by Crippen LogP contribution is 2.30. The highest BCUT2D eigenvalue weighted by atomic mass is 16.5. The van der Waals surface area contributed by atoms with Crippen molar-refractivity contribution < 1.29 is 19.1 Å². The summed E-state index contributed by atoms with van der Waals surface area (Å²) in [6.45, 7) is 8.39. The van der Waals surface area contributed by atoms with Gasteiger partial charge in [-0.3, -0.25) is 14.5 Å². The summed E-state index contributed by atoms with van der Waals surface area (Å²) in [5.74, 6) is 1.75. The highest BCUT2D eigenvalue weighted by molar-refractivity contribution is 5.93. The summed E-state index contributed by atoms with van der Waals surface area (Å²) in [4.78, 5) is 29.5. The predicted octanol–water partition coefficient (Wildman–Crippen LogP) is 4.22. The Balaban J connectivity index is 1.48. The second-order valence-corrected chi connectivity index (χ2v) is 9.13. The molecule has 2 aromatic carbocycles. The normalized spacial score (nSPS) is 15.1. The molecule has 1 N–H and O–H groups in total. The van der Waals surface area contributed by atoms with Crippen LogP contribution in [0, 0.1) is 5.92 Å². The summed E-state index contributed by atoms with van der Waals surface area (Å²) in [5.41, 5.74) is 1.99. The number of carbonyl (C=O) groups excluding carboxylic acids is 2. The number of carbonyl (C=O) groups is 2. The first-order valence-electron chi connectivity index (χ1n) is 12.6. The average Bonchev–Trinajstić information content (AvgIpc) is 2.86. The van der Waals surface area contributed by atoms with E-state index in [1.807, 2.05) is 38.8 Å². The third kappa shape index (κ3) is 7.72. The Labute approximate surface area is 209 Å². The van der Waals surface area contributed by atoms with Crippen LogP contribution in [0.3, 0.4) is 0 Å². The first kappa shape index (κ1) is 26.5. The molecule has 0 spiro atoms. The monoisotopic (exact) mass is 481 g/mol. The zero-order chi connectivity index (χ0) is 25.2. The predicted molar refractivity (Wildman–Crippen MR) is 139 cm³/mol. The molecule has 0 radical (unpaired) electrons. The largest absolute Gasteiger partial charge is 0.490 e. The van der Waals surface area contributed by atoms with Crippen LogP contribution in [0.15, 0.2) is 48.5 Å². The summed E-state index contributed by atoms with van der Waals surface area (Å²) in [5, 5.41) is 2.90. The lowest BCUT2D eigenvalue weighted by atomic mass is 9.90. The van der Waals surface area contributed by atoms with Crippen molar-refractivity contribution in [1.82, 2.24) is 9.80 Å². The number of piperidine rings is 1. The van der Waals surface area contributed by atoms with Crippen molar-refractivity contribution in [2.75, 3.05) is 45.2 Å². The smallest absolute Gasteiger partial charge is 0.239 e. The van der Waals surface area contributed by atoms with Crippen molar-refractivity contribution in [3.05, 3.63) is 54.1 Å². The minimum absolute atomic E-state index is 0.0816. The molecule has 0 aromatic heterocycles. The van der Waals surface area contributed by atoms with Crippen LogP contribution in [-0.4, -0.2) is 67.6 Å². The van der Waals surface area contributed by atoms with Crippen LogP contribution in [0.5, 0.6) is 11.5 Å². The van der Waals surface area contributed by atoms with Gasteiger partial charge in [-0.05, 0) is 70.7 Å². The van der Waals surface area contributed by atoms with Crippen molar-refractivity contribution in [1.29, 1.82) is 0 Å². The molecule has 0 bridgehead atoms. The molecule has 35 heavy (non-hydrogen) atoms. The van der Waals surface area contributed by atoms with Crippen LogP contribution in [-0.2, 0) is 16.0 Å². The molecule has 190 valence electrons. The Morgan fingerprint density at radius 1 is 1.03 bits per heavy atom. The molecule has 1 aliphatic rings. The molecule has 7 nitrogen and oxygen atoms in total. The standard InChI is InChI=1S/C28H39N3O4/c1-5-34-25-13-12-24(19-26(25)35-6-2)29-27(32)20-30(4)21(3)28(33)31-16-14-23(15-17-31)18-22-10-8-7-9-11-22/h7-13,19,21,23H,5-6,14-18,20H2,1-4H3,(H,29,32). The van der Waals surface area contributed by atoms with Crippen molar-refractivity contribution in [2.45, 2.75) is 46.1 Å². The molecule has 1 saturated heterocycles. The number of hydrogen-bond donors (Lipinski definition) is 1. The fourth-order valence-corrected chi connectivity index (χ4v) is 4.45. The SMILES string of the molecule is CCOc1ccc(NC(=O)CN(C)C(C)C(=O)N2CCC(Cc3ccccc3)CC2)cc1OCC. The maximum atomic E-state index is 13.1. The number of likely N-dealkylation sites (N-methyl/N-ethyl adjacent to an activating group) is 1. The zero-order valence-electron chi connectivity index (χ0n) is 21.5. The lowest BCUT2D eigenvalue weighted by Crippen LogP contribution is -2.50. The van der Waals surface area contributed by atoms with Crippen molar-refractivity contribution in [3.63, 3.8) is 0 Å². The van der Waals surface area contributed by atoms with Gasteiger partial charge in [0.15, 0.2) is 11.5 Å². The summed E-state index contributed by atoms with van der Waals surface area (Å²) in [6.07, 6.45) is 3.09. The highest BCUT2D eigenvalue weighted by Gasteiger charge is 2.28. The molecule has 2 aromatic rings. The fourth-order valence-electron chi connectivity index (χ4n) is 4.45. The van der Waals surface area contributed by atoms with Gasteiger partial charge in [-0.15, -0.1) is 0 Å². The maximum Gasteiger partial charge on any atom is 0.239 e. The maximum absolute atomic E-state index is 13.1. The van der Waals surface area contributed by atoms with Crippen molar-refractivity contribution >= 4 is 17.5 Å². The summed E-state index contributed by atoms with van der Waals surface area (Å²) in [6, 6.07) is 15.5. The summed E-state index contributed by atoms with van der Waals surface area (Å²) < 4.78 is 11.2. The molecule has 2 amide bonds. The van der Waals surface area contributed by atoms with Gasteiger partial charge in [-0.1, -0.05) is 30.3 Å². The van der Waals surface area contributed by atoms with Gasteiger partial charge in [0, 0.05) is 24.8 Å². The molecule has 0 aliphatic carbocycles. The minimum Gasteiger partial charge on any atom is -0.490 e. The number of ether oxygens (including phenoxy) is 2. The van der Waals surface area contributed by atoms with Crippen LogP contribution >= 0.6 is 0 Å². The average molecular weight is 482 g/mol. The van der Waals surface area contributed by atoms with Crippen LogP contribution in [0.4, 0.5) is 5.69 Å². The molecule has 1 atom stereocenters. The third-order valence-corrected chi connectivity index (χ3v) is 6.53. The molecule has 0 saturated carbocycles. The van der Waals surface area contributed by atoms with Gasteiger partial charge in [0.2, 0.25) is 11.8 Å². The second kappa shape index (κ2) is 13.1. The lowest BCUT2D eigenvalue weighted by Gasteiger charge is -2.35. The molecular weight excluding hydrogens is 442 g/mol. The number of nitrogens with zero attached hydrogens (tertiary/aromatic N) is 2. The molecule has 1 heterocycles. The Kier molecular flexibility index (Phi) is 9.97. The first-order chi connectivity index (χ1) is 16.9. The van der Waals surface area contributed by atoms with Gasteiger partial charge < -0.3 is 19.7 Å². The molecule has 1 fully saturated rings. The summed E-state index contributed by atoms with van der Waals surface area (Å²) in [7, 11) is 1.81. The van der Waals surface area contributed by atoms with E-state index in [0.29, 0.717) is 36.3 Å². The fraction of sp³-hybridized carbons (Fsp3) is 0.500. The third-order valence-electron chi connectivity index (χ3n) is 6.53. The van der Waals surface area contributed by atoms with E-state index in [1.165, 1.54) is 5.56 Å². The Morgan fingerprint density at radius 3 is 2.34 bits per heavy atom. The van der Waals surface area contributed by atoms with Gasteiger partial charge in [0.25, 0.3) is 0 Å². The summed E-state index contributed by atoms with van der Waals surface area (Å²) >= 11 is 0. The topological polar surface area (TPSA) is 71.1 Å². The van der Waals surface area contributed by atoms with E-state index in [-0.39, 0.29) is 24.4 Å². The number of amides is 2. The molecule has 7 heteroatoms.